The van der Waals surface area contributed by atoms with Crippen LogP contribution in [0.2, 0.25) is 5.02 Å². The molecule has 2 N–H and O–H groups in total. The maximum atomic E-state index is 11.5. The first kappa shape index (κ1) is 14.3. The second kappa shape index (κ2) is 6.36. The third-order valence-electron chi connectivity index (χ3n) is 3.24. The van der Waals surface area contributed by atoms with E-state index in [1.54, 1.807) is 0 Å². The Kier molecular flexibility index (Phi) is 4.79. The number of anilines is 1. The van der Waals surface area contributed by atoms with E-state index in [9.17, 15) is 9.90 Å². The molecule has 1 unspecified atom stereocenters. The zero-order chi connectivity index (χ0) is 13.8. The molecule has 2 rings (SSSR count). The van der Waals surface area contributed by atoms with Gasteiger partial charge in [-0.2, -0.15) is 0 Å². The lowest BCUT2D eigenvalue weighted by Crippen LogP contribution is -2.42. The predicted molar refractivity (Wildman–Crippen MR) is 72.4 cm³/mol. The number of halogens is 1. The second-order valence-electron chi connectivity index (χ2n) is 4.58. The molecule has 0 saturated carbocycles. The molecule has 0 radical (unpaired) electrons. The van der Waals surface area contributed by atoms with Crippen LogP contribution in [0.4, 0.5) is 5.95 Å². The second-order valence-corrected chi connectivity index (χ2v) is 4.99. The van der Waals surface area contributed by atoms with E-state index in [-0.39, 0.29) is 16.5 Å². The van der Waals surface area contributed by atoms with Gasteiger partial charge in [0.2, 0.25) is 5.95 Å². The maximum Gasteiger partial charge on any atom is 0.271 e. The summed E-state index contributed by atoms with van der Waals surface area (Å²) in [6.45, 7) is 3.72. The highest BCUT2D eigenvalue weighted by Gasteiger charge is 2.27. The van der Waals surface area contributed by atoms with Crippen LogP contribution in [0.5, 0.6) is 0 Å². The summed E-state index contributed by atoms with van der Waals surface area (Å²) in [7, 11) is 0. The quantitative estimate of drug-likeness (QED) is 0.808. The molecule has 7 heteroatoms. The number of H-pyrrole nitrogens is 1. The minimum Gasteiger partial charge on any atom is -0.368 e. The molecule has 0 aliphatic carbocycles. The van der Waals surface area contributed by atoms with Crippen molar-refractivity contribution in [3.63, 3.8) is 0 Å². The average Bonchev–Trinajstić information content (AvgIpc) is 2.42. The topological polar surface area (TPSA) is 78.5 Å². The smallest absolute Gasteiger partial charge is 0.271 e. The fraction of sp³-hybridized carbons (Fsp3) is 0.667. The van der Waals surface area contributed by atoms with Crippen LogP contribution in [0.1, 0.15) is 19.8 Å². The maximum absolute atomic E-state index is 11.5. The van der Waals surface area contributed by atoms with E-state index in [1.807, 2.05) is 11.8 Å². The van der Waals surface area contributed by atoms with Gasteiger partial charge in [-0.3, -0.25) is 9.78 Å². The first-order valence-corrected chi connectivity index (χ1v) is 6.79. The summed E-state index contributed by atoms with van der Waals surface area (Å²) in [5, 5.41) is 9.95. The number of aromatic amines is 1. The highest BCUT2D eigenvalue weighted by Crippen LogP contribution is 2.23. The van der Waals surface area contributed by atoms with E-state index >= 15 is 0 Å². The summed E-state index contributed by atoms with van der Waals surface area (Å²) in [6.07, 6.45) is 2.39. The van der Waals surface area contributed by atoms with Gasteiger partial charge in [-0.25, -0.2) is 4.98 Å². The zero-order valence-electron chi connectivity index (χ0n) is 10.8. The van der Waals surface area contributed by atoms with E-state index in [1.165, 1.54) is 6.20 Å². The number of hydrogen-bond donors (Lipinski definition) is 2. The van der Waals surface area contributed by atoms with Gasteiger partial charge >= 0.3 is 0 Å². The van der Waals surface area contributed by atoms with Gasteiger partial charge in [0.15, 0.2) is 6.29 Å². The number of aromatic nitrogens is 2. The molecule has 6 nitrogen and oxygen atoms in total. The Labute approximate surface area is 116 Å². The normalized spacial score (nSPS) is 21.4. The molecule has 1 aliphatic rings. The van der Waals surface area contributed by atoms with Gasteiger partial charge in [-0.15, -0.1) is 0 Å². The Morgan fingerprint density at radius 1 is 1.74 bits per heavy atom. The molecule has 0 amide bonds. The molecular formula is C12H18ClN3O3. The van der Waals surface area contributed by atoms with Crippen molar-refractivity contribution in [2.75, 3.05) is 24.6 Å². The van der Waals surface area contributed by atoms with Crippen LogP contribution < -0.4 is 10.5 Å². The molecule has 1 aromatic rings. The van der Waals surface area contributed by atoms with Crippen LogP contribution in [0, 0.1) is 5.92 Å². The Hall–Kier alpha value is -1.11. The van der Waals surface area contributed by atoms with Gasteiger partial charge < -0.3 is 14.7 Å². The van der Waals surface area contributed by atoms with Crippen LogP contribution >= 0.6 is 11.6 Å². The third-order valence-corrected chi connectivity index (χ3v) is 3.51. The molecule has 19 heavy (non-hydrogen) atoms. The van der Waals surface area contributed by atoms with Gasteiger partial charge in [0.05, 0.1) is 6.20 Å². The van der Waals surface area contributed by atoms with Gasteiger partial charge in [0.1, 0.15) is 5.02 Å². The Bertz CT molecular complexity index is 480. The summed E-state index contributed by atoms with van der Waals surface area (Å²) >= 11 is 5.66. The summed E-state index contributed by atoms with van der Waals surface area (Å²) in [5.74, 6) is 0.512. The lowest BCUT2D eigenvalue weighted by molar-refractivity contribution is -0.132. The molecule has 1 aliphatic heterocycles. The number of aliphatic hydroxyl groups excluding tert-OH is 1. The minimum absolute atomic E-state index is 0.0229. The fourth-order valence-corrected chi connectivity index (χ4v) is 2.37. The summed E-state index contributed by atoms with van der Waals surface area (Å²) in [4.78, 5) is 20.2. The zero-order valence-corrected chi connectivity index (χ0v) is 11.6. The van der Waals surface area contributed by atoms with E-state index in [4.69, 9.17) is 16.3 Å². The Morgan fingerprint density at radius 3 is 3.21 bits per heavy atom. The van der Waals surface area contributed by atoms with Crippen molar-refractivity contribution >= 4 is 17.5 Å². The van der Waals surface area contributed by atoms with Crippen molar-refractivity contribution in [1.29, 1.82) is 0 Å². The van der Waals surface area contributed by atoms with Crippen molar-refractivity contribution < 1.29 is 9.84 Å². The van der Waals surface area contributed by atoms with Crippen molar-refractivity contribution in [1.82, 2.24) is 9.97 Å². The molecule has 2 heterocycles. The van der Waals surface area contributed by atoms with Crippen molar-refractivity contribution in [2.45, 2.75) is 26.1 Å². The van der Waals surface area contributed by atoms with E-state index in [0.29, 0.717) is 19.1 Å². The highest BCUT2D eigenvalue weighted by molar-refractivity contribution is 6.30. The lowest BCUT2D eigenvalue weighted by Gasteiger charge is -2.34. The standard InChI is InChI=1S/C12H18ClN3O3/c1-2-19-11(18)8-4-3-5-16(7-8)12-14-6-9(13)10(17)15-12/h6,8,11,18H,2-5,7H2,1H3,(H,14,15,17)/t8-,11?/m1/s1. The van der Waals surface area contributed by atoms with Crippen molar-refractivity contribution in [2.24, 2.45) is 5.92 Å². The van der Waals surface area contributed by atoms with Gasteiger partial charge in [-0.1, -0.05) is 11.6 Å². The number of nitrogens with zero attached hydrogens (tertiary/aromatic N) is 2. The molecule has 0 bridgehead atoms. The number of nitrogens with one attached hydrogen (secondary N) is 1. The van der Waals surface area contributed by atoms with Crippen LogP contribution in [0.3, 0.4) is 0 Å². The summed E-state index contributed by atoms with van der Waals surface area (Å²) in [6, 6.07) is 0. The first-order chi connectivity index (χ1) is 9.11. The van der Waals surface area contributed by atoms with Gasteiger partial charge in [0, 0.05) is 25.6 Å². The molecule has 2 atom stereocenters. The predicted octanol–water partition coefficient (Wildman–Crippen LogP) is 0.995. The van der Waals surface area contributed by atoms with Gasteiger partial charge in [-0.05, 0) is 19.8 Å². The third kappa shape index (κ3) is 3.46. The van der Waals surface area contributed by atoms with E-state index < -0.39 is 6.29 Å². The van der Waals surface area contributed by atoms with Crippen LogP contribution in [-0.2, 0) is 4.74 Å². The fourth-order valence-electron chi connectivity index (χ4n) is 2.27. The van der Waals surface area contributed by atoms with Crippen LogP contribution in [0.15, 0.2) is 11.0 Å². The summed E-state index contributed by atoms with van der Waals surface area (Å²) < 4.78 is 5.22. The molecule has 0 spiro atoms. The highest BCUT2D eigenvalue weighted by atomic mass is 35.5. The Balaban J connectivity index is 2.08. The molecular weight excluding hydrogens is 270 g/mol. The molecule has 1 saturated heterocycles. The monoisotopic (exact) mass is 287 g/mol. The molecule has 0 aromatic carbocycles. The lowest BCUT2D eigenvalue weighted by atomic mass is 9.98. The van der Waals surface area contributed by atoms with E-state index in [2.05, 4.69) is 9.97 Å². The number of aliphatic hydroxyl groups is 1. The van der Waals surface area contributed by atoms with E-state index in [0.717, 1.165) is 19.4 Å². The Morgan fingerprint density at radius 2 is 2.53 bits per heavy atom. The first-order valence-electron chi connectivity index (χ1n) is 6.41. The molecule has 1 aromatic heterocycles. The summed E-state index contributed by atoms with van der Waals surface area (Å²) in [5.41, 5.74) is -0.348. The van der Waals surface area contributed by atoms with Crippen molar-refractivity contribution in [3.05, 3.63) is 21.6 Å². The largest absolute Gasteiger partial charge is 0.368 e. The van der Waals surface area contributed by atoms with Gasteiger partial charge in [0.25, 0.3) is 5.56 Å². The molecule has 106 valence electrons. The average molecular weight is 288 g/mol. The number of piperidine rings is 1. The number of ether oxygens (including phenoxy) is 1. The number of hydrogen-bond acceptors (Lipinski definition) is 5. The molecule has 1 fully saturated rings. The van der Waals surface area contributed by atoms with Crippen LogP contribution in [0.25, 0.3) is 0 Å². The minimum atomic E-state index is -0.771. The number of rotatable bonds is 4. The van der Waals surface area contributed by atoms with Crippen molar-refractivity contribution in [3.8, 4) is 0 Å². The SMILES string of the molecule is CCOC(O)[C@@H]1CCCN(c2ncc(Cl)c(=O)[nH]2)C1. The van der Waals surface area contributed by atoms with Crippen LogP contribution in [-0.4, -0.2) is 41.1 Å².